The maximum atomic E-state index is 9.48. The van der Waals surface area contributed by atoms with Crippen LogP contribution in [0.3, 0.4) is 0 Å². The molecule has 0 aliphatic carbocycles. The van der Waals surface area contributed by atoms with Crippen molar-refractivity contribution in [2.75, 3.05) is 14.2 Å². The highest BCUT2D eigenvalue weighted by molar-refractivity contribution is 4.88. The lowest BCUT2D eigenvalue weighted by Crippen LogP contribution is -2.57. The highest BCUT2D eigenvalue weighted by atomic mass is 16.7. The molecule has 0 spiro atoms. The Kier molecular flexibility index (Phi) is 3.63. The van der Waals surface area contributed by atoms with E-state index < -0.39 is 18.5 Å². The van der Waals surface area contributed by atoms with Crippen LogP contribution in [-0.2, 0) is 14.2 Å². The van der Waals surface area contributed by atoms with Crippen LogP contribution in [0.1, 0.15) is 6.92 Å². The summed E-state index contributed by atoms with van der Waals surface area (Å²) in [5.74, 6) is 0. The summed E-state index contributed by atoms with van der Waals surface area (Å²) in [5.41, 5.74) is 0. The Balaban J connectivity index is 2.71. The zero-order valence-electron chi connectivity index (χ0n) is 8.01. The number of hydrogen-bond donors (Lipinski definition) is 2. The largest absolute Gasteiger partial charge is 0.385 e. The summed E-state index contributed by atoms with van der Waals surface area (Å²) in [4.78, 5) is 0. The third-order valence-corrected chi connectivity index (χ3v) is 2.31. The van der Waals surface area contributed by atoms with Crippen molar-refractivity contribution in [3.8, 4) is 0 Å². The van der Waals surface area contributed by atoms with E-state index in [4.69, 9.17) is 14.2 Å². The molecule has 5 heteroatoms. The van der Waals surface area contributed by atoms with Gasteiger partial charge in [-0.05, 0) is 6.92 Å². The monoisotopic (exact) mass is 192 g/mol. The SMILES string of the molecule is CO[C@@H]1[C@@H](OC)[C@@H](O)C(O)O[C@H]1C. The Morgan fingerprint density at radius 3 is 2.08 bits per heavy atom. The second kappa shape index (κ2) is 4.34. The minimum Gasteiger partial charge on any atom is -0.385 e. The summed E-state index contributed by atoms with van der Waals surface area (Å²) < 4.78 is 15.2. The van der Waals surface area contributed by atoms with Gasteiger partial charge in [0.1, 0.15) is 18.3 Å². The van der Waals surface area contributed by atoms with Crippen LogP contribution in [-0.4, -0.2) is 55.1 Å². The highest BCUT2D eigenvalue weighted by Crippen LogP contribution is 2.23. The third-order valence-electron chi connectivity index (χ3n) is 2.31. The molecule has 13 heavy (non-hydrogen) atoms. The van der Waals surface area contributed by atoms with Gasteiger partial charge in [-0.25, -0.2) is 0 Å². The summed E-state index contributed by atoms with van der Waals surface area (Å²) in [6, 6.07) is 0. The van der Waals surface area contributed by atoms with Crippen molar-refractivity contribution in [3.63, 3.8) is 0 Å². The quantitative estimate of drug-likeness (QED) is 0.594. The third kappa shape index (κ3) is 2.00. The van der Waals surface area contributed by atoms with Gasteiger partial charge in [0.15, 0.2) is 6.29 Å². The average Bonchev–Trinajstić information content (AvgIpc) is 2.10. The van der Waals surface area contributed by atoms with E-state index >= 15 is 0 Å². The first-order valence-electron chi connectivity index (χ1n) is 4.19. The standard InChI is InChI=1S/C8H16O5/c1-4-6(11-2)7(12-3)5(9)8(10)13-4/h4-10H,1-3H3/t4-,5+,6-,7-,8?/m0/s1. The Hall–Kier alpha value is -0.200. The fourth-order valence-corrected chi connectivity index (χ4v) is 1.60. The van der Waals surface area contributed by atoms with Crippen molar-refractivity contribution in [1.29, 1.82) is 0 Å². The first-order chi connectivity index (χ1) is 6.11. The van der Waals surface area contributed by atoms with Crippen molar-refractivity contribution in [3.05, 3.63) is 0 Å². The fourth-order valence-electron chi connectivity index (χ4n) is 1.60. The summed E-state index contributed by atoms with van der Waals surface area (Å²) in [7, 11) is 2.98. The highest BCUT2D eigenvalue weighted by Gasteiger charge is 2.43. The van der Waals surface area contributed by atoms with Gasteiger partial charge in [-0.3, -0.25) is 0 Å². The van der Waals surface area contributed by atoms with Crippen LogP contribution in [0.5, 0.6) is 0 Å². The van der Waals surface area contributed by atoms with E-state index in [1.165, 1.54) is 14.2 Å². The zero-order valence-corrected chi connectivity index (χ0v) is 8.01. The second-order valence-corrected chi connectivity index (χ2v) is 3.12. The topological polar surface area (TPSA) is 68.2 Å². The molecule has 1 heterocycles. The van der Waals surface area contributed by atoms with Crippen LogP contribution < -0.4 is 0 Å². The van der Waals surface area contributed by atoms with Crippen LogP contribution in [0.15, 0.2) is 0 Å². The number of methoxy groups -OCH3 is 2. The van der Waals surface area contributed by atoms with Crippen molar-refractivity contribution in [2.24, 2.45) is 0 Å². The molecule has 0 aromatic heterocycles. The molecular weight excluding hydrogens is 176 g/mol. The first kappa shape index (κ1) is 10.9. The molecule has 0 saturated carbocycles. The van der Waals surface area contributed by atoms with Crippen molar-refractivity contribution >= 4 is 0 Å². The molecular formula is C8H16O5. The molecule has 1 aliphatic rings. The molecule has 1 saturated heterocycles. The normalized spacial score (nSPS) is 46.4. The fraction of sp³-hybridized carbons (Fsp3) is 1.00. The van der Waals surface area contributed by atoms with Gasteiger partial charge in [0.2, 0.25) is 0 Å². The molecule has 1 rings (SSSR count). The minimum atomic E-state index is -1.20. The number of ether oxygens (including phenoxy) is 3. The molecule has 1 unspecified atom stereocenters. The molecule has 5 atom stereocenters. The van der Waals surface area contributed by atoms with Crippen molar-refractivity contribution in [1.82, 2.24) is 0 Å². The Morgan fingerprint density at radius 1 is 1.08 bits per heavy atom. The first-order valence-corrected chi connectivity index (χ1v) is 4.19. The Labute approximate surface area is 77.2 Å². The molecule has 0 bridgehead atoms. The van der Waals surface area contributed by atoms with E-state index in [1.54, 1.807) is 6.92 Å². The van der Waals surface area contributed by atoms with E-state index in [9.17, 15) is 10.2 Å². The number of aliphatic hydroxyl groups excluding tert-OH is 2. The summed E-state index contributed by atoms with van der Waals surface area (Å²) >= 11 is 0. The molecule has 78 valence electrons. The summed E-state index contributed by atoms with van der Waals surface area (Å²) in [5, 5.41) is 18.7. The van der Waals surface area contributed by atoms with E-state index in [-0.39, 0.29) is 12.2 Å². The van der Waals surface area contributed by atoms with Gasteiger partial charge >= 0.3 is 0 Å². The Bertz CT molecular complexity index is 163. The lowest BCUT2D eigenvalue weighted by atomic mass is 10.00. The molecule has 1 aliphatic heterocycles. The van der Waals surface area contributed by atoms with Crippen LogP contribution >= 0.6 is 0 Å². The van der Waals surface area contributed by atoms with Gasteiger partial charge < -0.3 is 24.4 Å². The van der Waals surface area contributed by atoms with Gasteiger partial charge in [-0.2, -0.15) is 0 Å². The maximum absolute atomic E-state index is 9.48. The summed E-state index contributed by atoms with van der Waals surface area (Å²) in [6.07, 6.45) is -3.47. The number of hydrogen-bond acceptors (Lipinski definition) is 5. The molecule has 5 nitrogen and oxygen atoms in total. The van der Waals surface area contributed by atoms with Crippen LogP contribution in [0.4, 0.5) is 0 Å². The molecule has 0 aromatic rings. The van der Waals surface area contributed by atoms with Gasteiger partial charge in [-0.1, -0.05) is 0 Å². The predicted molar refractivity (Wildman–Crippen MR) is 44.2 cm³/mol. The van der Waals surface area contributed by atoms with Gasteiger partial charge in [0, 0.05) is 14.2 Å². The van der Waals surface area contributed by atoms with Crippen LogP contribution in [0.25, 0.3) is 0 Å². The second-order valence-electron chi connectivity index (χ2n) is 3.12. The summed E-state index contributed by atoms with van der Waals surface area (Å²) in [6.45, 7) is 1.76. The average molecular weight is 192 g/mol. The predicted octanol–water partition coefficient (Wildman–Crippen LogP) is -0.886. The van der Waals surface area contributed by atoms with E-state index in [0.29, 0.717) is 0 Å². The smallest absolute Gasteiger partial charge is 0.183 e. The van der Waals surface area contributed by atoms with E-state index in [2.05, 4.69) is 0 Å². The van der Waals surface area contributed by atoms with Gasteiger partial charge in [-0.15, -0.1) is 0 Å². The van der Waals surface area contributed by atoms with E-state index in [1.807, 2.05) is 0 Å². The molecule has 1 fully saturated rings. The van der Waals surface area contributed by atoms with E-state index in [0.717, 1.165) is 0 Å². The van der Waals surface area contributed by atoms with Gasteiger partial charge in [0.05, 0.1) is 6.10 Å². The van der Waals surface area contributed by atoms with Crippen LogP contribution in [0, 0.1) is 0 Å². The molecule has 2 N–H and O–H groups in total. The molecule has 0 radical (unpaired) electrons. The number of rotatable bonds is 2. The lowest BCUT2D eigenvalue weighted by Gasteiger charge is -2.40. The van der Waals surface area contributed by atoms with Gasteiger partial charge in [0.25, 0.3) is 0 Å². The lowest BCUT2D eigenvalue weighted by molar-refractivity contribution is -0.286. The van der Waals surface area contributed by atoms with Crippen molar-refractivity contribution in [2.45, 2.75) is 37.6 Å². The Morgan fingerprint density at radius 2 is 1.62 bits per heavy atom. The zero-order chi connectivity index (χ0) is 10.0. The molecule has 0 amide bonds. The van der Waals surface area contributed by atoms with Crippen LogP contribution in [0.2, 0.25) is 0 Å². The minimum absolute atomic E-state index is 0.298. The maximum Gasteiger partial charge on any atom is 0.183 e. The number of aliphatic hydroxyl groups is 2. The van der Waals surface area contributed by atoms with Crippen molar-refractivity contribution < 1.29 is 24.4 Å². The molecule has 0 aromatic carbocycles.